The van der Waals surface area contributed by atoms with Crippen LogP contribution in [-0.2, 0) is 4.79 Å². The van der Waals surface area contributed by atoms with E-state index in [9.17, 15) is 9.59 Å². The minimum absolute atomic E-state index is 0.207. The number of aliphatic carboxylic acids is 1. The van der Waals surface area contributed by atoms with Gasteiger partial charge >= 0.3 is 5.97 Å². The number of amides is 1. The number of hydrogen-bond acceptors (Lipinski definition) is 5. The van der Waals surface area contributed by atoms with Crippen LogP contribution in [-0.4, -0.2) is 47.9 Å². The minimum atomic E-state index is -0.933. The van der Waals surface area contributed by atoms with E-state index in [0.717, 1.165) is 18.1 Å². The van der Waals surface area contributed by atoms with Gasteiger partial charge in [0.25, 0.3) is 0 Å². The van der Waals surface area contributed by atoms with Gasteiger partial charge in [0.15, 0.2) is 0 Å². The lowest BCUT2D eigenvalue weighted by Gasteiger charge is -2.05. The van der Waals surface area contributed by atoms with Crippen LogP contribution in [0.3, 0.4) is 0 Å². The van der Waals surface area contributed by atoms with Gasteiger partial charge in [-0.1, -0.05) is 14.3 Å². The van der Waals surface area contributed by atoms with Crippen molar-refractivity contribution in [2.24, 2.45) is 17.2 Å². The Bertz CT molecular complexity index is 483. The van der Waals surface area contributed by atoms with Crippen molar-refractivity contribution in [1.29, 1.82) is 0 Å². The van der Waals surface area contributed by atoms with E-state index in [2.05, 4.69) is 18.3 Å². The molecular weight excluding hydrogens is 303 g/mol. The highest BCUT2D eigenvalue weighted by atomic mass is 31.1. The van der Waals surface area contributed by atoms with Crippen molar-refractivity contribution in [3.8, 4) is 0 Å². The standard InChI is InChI=1S/C8H11N2OP.C6H14N2O2/c1-12(2)7-3-6(8(9)11)4-10-5-7;7-4-2-1-3-5(8)6(9)10/h3-5H,1-2H3,(H2,9,11);5H,1-4,7-8H2,(H,9,10). The Morgan fingerprint density at radius 2 is 1.95 bits per heavy atom. The lowest BCUT2D eigenvalue weighted by atomic mass is 10.1. The Balaban J connectivity index is 0.000000409. The largest absolute Gasteiger partial charge is 0.480 e. The number of nitrogens with zero attached hydrogens (tertiary/aromatic N) is 1. The molecule has 8 heteroatoms. The lowest BCUT2D eigenvalue weighted by molar-refractivity contribution is -0.138. The third-order valence-corrected chi connectivity index (χ3v) is 4.09. The van der Waals surface area contributed by atoms with E-state index in [1.807, 2.05) is 0 Å². The zero-order valence-corrected chi connectivity index (χ0v) is 13.9. The van der Waals surface area contributed by atoms with Crippen molar-refractivity contribution in [1.82, 2.24) is 4.98 Å². The molecule has 0 aliphatic carbocycles. The van der Waals surface area contributed by atoms with E-state index in [-0.39, 0.29) is 7.92 Å². The molecule has 0 radical (unpaired) electrons. The molecule has 0 aromatic carbocycles. The maximum atomic E-state index is 10.8. The molecule has 0 spiro atoms. The van der Waals surface area contributed by atoms with Gasteiger partial charge in [-0.05, 0) is 44.1 Å². The summed E-state index contributed by atoms with van der Waals surface area (Å²) in [7, 11) is -0.207. The second-order valence-corrected chi connectivity index (χ2v) is 7.22. The number of pyridine rings is 1. The highest BCUT2D eigenvalue weighted by Crippen LogP contribution is 2.22. The van der Waals surface area contributed by atoms with Crippen LogP contribution in [0.5, 0.6) is 0 Å². The molecule has 124 valence electrons. The molecule has 0 saturated carbocycles. The van der Waals surface area contributed by atoms with Crippen LogP contribution in [0.25, 0.3) is 0 Å². The van der Waals surface area contributed by atoms with Crippen molar-refractivity contribution >= 4 is 25.1 Å². The molecule has 1 amide bonds. The zero-order chi connectivity index (χ0) is 17.1. The van der Waals surface area contributed by atoms with Crippen LogP contribution in [0.1, 0.15) is 29.6 Å². The highest BCUT2D eigenvalue weighted by Gasteiger charge is 2.09. The number of hydrogen-bond donors (Lipinski definition) is 4. The third kappa shape index (κ3) is 8.67. The molecule has 0 bridgehead atoms. The molecule has 0 aliphatic rings. The van der Waals surface area contributed by atoms with Crippen molar-refractivity contribution in [3.05, 3.63) is 24.0 Å². The van der Waals surface area contributed by atoms with Gasteiger partial charge in [0, 0.05) is 12.4 Å². The number of carbonyl (C=O) groups excluding carboxylic acids is 1. The molecule has 0 aliphatic heterocycles. The maximum Gasteiger partial charge on any atom is 0.320 e. The van der Waals surface area contributed by atoms with Gasteiger partial charge < -0.3 is 22.3 Å². The molecule has 0 saturated heterocycles. The smallest absolute Gasteiger partial charge is 0.320 e. The Labute approximate surface area is 132 Å². The van der Waals surface area contributed by atoms with E-state index in [1.165, 1.54) is 6.20 Å². The van der Waals surface area contributed by atoms with Gasteiger partial charge in [-0.15, -0.1) is 0 Å². The second kappa shape index (κ2) is 11.1. The first-order valence-corrected chi connectivity index (χ1v) is 9.13. The number of carboxylic acid groups (broad SMARTS) is 1. The van der Waals surface area contributed by atoms with E-state index in [1.54, 1.807) is 12.3 Å². The SMILES string of the molecule is CP(C)c1cncc(C(N)=O)c1.NCCCCC(N)C(=O)O. The van der Waals surface area contributed by atoms with Gasteiger partial charge in [0.2, 0.25) is 5.91 Å². The van der Waals surface area contributed by atoms with E-state index in [0.29, 0.717) is 18.5 Å². The summed E-state index contributed by atoms with van der Waals surface area (Å²) in [5.41, 5.74) is 16.0. The second-order valence-electron chi connectivity index (χ2n) is 4.92. The highest BCUT2D eigenvalue weighted by molar-refractivity contribution is 7.64. The van der Waals surface area contributed by atoms with Crippen LogP contribution in [0, 0.1) is 0 Å². The molecule has 7 N–H and O–H groups in total. The fourth-order valence-corrected chi connectivity index (χ4v) is 2.13. The minimum Gasteiger partial charge on any atom is -0.480 e. The van der Waals surface area contributed by atoms with Gasteiger partial charge in [-0.3, -0.25) is 14.6 Å². The summed E-state index contributed by atoms with van der Waals surface area (Å²) in [6.07, 6.45) is 5.43. The summed E-state index contributed by atoms with van der Waals surface area (Å²) >= 11 is 0. The van der Waals surface area contributed by atoms with Crippen LogP contribution >= 0.6 is 7.92 Å². The summed E-state index contributed by atoms with van der Waals surface area (Å²) < 4.78 is 0. The fraction of sp³-hybridized carbons (Fsp3) is 0.500. The molecule has 1 unspecified atom stereocenters. The molecular formula is C14H25N4O3P. The Morgan fingerprint density at radius 1 is 1.32 bits per heavy atom. The van der Waals surface area contributed by atoms with Gasteiger partial charge in [-0.25, -0.2) is 0 Å². The first-order chi connectivity index (χ1) is 10.3. The maximum absolute atomic E-state index is 10.8. The van der Waals surface area contributed by atoms with Crippen LogP contribution in [0.2, 0.25) is 0 Å². The summed E-state index contributed by atoms with van der Waals surface area (Å²) in [5, 5.41) is 9.42. The fourth-order valence-electron chi connectivity index (χ4n) is 1.44. The average Bonchev–Trinajstić information content (AvgIpc) is 2.48. The summed E-state index contributed by atoms with van der Waals surface area (Å²) in [4.78, 5) is 24.8. The van der Waals surface area contributed by atoms with Crippen molar-refractivity contribution in [3.63, 3.8) is 0 Å². The first kappa shape index (κ1) is 20.4. The molecule has 1 aromatic rings. The molecule has 1 heterocycles. The van der Waals surface area contributed by atoms with Gasteiger partial charge in [0.05, 0.1) is 5.56 Å². The van der Waals surface area contributed by atoms with Gasteiger partial charge in [-0.2, -0.15) is 0 Å². The number of rotatable bonds is 7. The Hall–Kier alpha value is -1.56. The lowest BCUT2D eigenvalue weighted by Crippen LogP contribution is -2.29. The average molecular weight is 328 g/mol. The van der Waals surface area contributed by atoms with Crippen LogP contribution in [0.15, 0.2) is 18.5 Å². The Morgan fingerprint density at radius 3 is 2.41 bits per heavy atom. The van der Waals surface area contributed by atoms with Crippen LogP contribution < -0.4 is 22.5 Å². The van der Waals surface area contributed by atoms with Crippen molar-refractivity contribution < 1.29 is 14.7 Å². The van der Waals surface area contributed by atoms with Crippen molar-refractivity contribution in [2.45, 2.75) is 25.3 Å². The predicted molar refractivity (Wildman–Crippen MR) is 89.7 cm³/mol. The third-order valence-electron chi connectivity index (χ3n) is 2.81. The molecule has 22 heavy (non-hydrogen) atoms. The number of carbonyl (C=O) groups is 2. The molecule has 0 fully saturated rings. The number of unbranched alkanes of at least 4 members (excludes halogenated alkanes) is 1. The number of nitrogens with two attached hydrogens (primary N) is 3. The molecule has 1 aromatic heterocycles. The molecule has 7 nitrogen and oxygen atoms in total. The summed E-state index contributed by atoms with van der Waals surface area (Å²) in [6, 6.07) is 1.09. The quantitative estimate of drug-likeness (QED) is 0.412. The Kier molecular flexibility index (Phi) is 10.3. The number of carboxylic acids is 1. The van der Waals surface area contributed by atoms with Crippen molar-refractivity contribution in [2.75, 3.05) is 19.9 Å². The van der Waals surface area contributed by atoms with Crippen LogP contribution in [0.4, 0.5) is 0 Å². The topological polar surface area (TPSA) is 145 Å². The number of primary amides is 1. The van der Waals surface area contributed by atoms with E-state index in [4.69, 9.17) is 22.3 Å². The van der Waals surface area contributed by atoms with E-state index < -0.39 is 17.9 Å². The monoisotopic (exact) mass is 328 g/mol. The zero-order valence-electron chi connectivity index (χ0n) is 13.0. The predicted octanol–water partition coefficient (Wildman–Crippen LogP) is 0.0746. The normalized spacial score (nSPS) is 11.5. The molecule has 1 atom stereocenters. The first-order valence-electron chi connectivity index (χ1n) is 6.90. The molecule has 1 rings (SSSR count). The van der Waals surface area contributed by atoms with Gasteiger partial charge in [0.1, 0.15) is 6.04 Å². The number of aromatic nitrogens is 1. The summed E-state index contributed by atoms with van der Waals surface area (Å²) in [6.45, 7) is 4.82. The summed E-state index contributed by atoms with van der Waals surface area (Å²) in [5.74, 6) is -1.35. The van der Waals surface area contributed by atoms with E-state index >= 15 is 0 Å².